The zero-order valence-electron chi connectivity index (χ0n) is 19.7. The first kappa shape index (κ1) is 22.0. The molecule has 178 valence electrons. The lowest BCUT2D eigenvalue weighted by Gasteiger charge is -2.16. The summed E-state index contributed by atoms with van der Waals surface area (Å²) >= 11 is 1.79. The van der Waals surface area contributed by atoms with Gasteiger partial charge in [0.15, 0.2) is 5.65 Å². The third-order valence-corrected chi connectivity index (χ3v) is 8.08. The van der Waals surface area contributed by atoms with E-state index >= 15 is 0 Å². The zero-order valence-corrected chi connectivity index (χ0v) is 20.5. The molecule has 2 aliphatic rings. The highest BCUT2D eigenvalue weighted by Gasteiger charge is 2.39. The van der Waals surface area contributed by atoms with Crippen LogP contribution in [0.4, 0.5) is 5.82 Å². The number of para-hydroxylation sites is 1. The summed E-state index contributed by atoms with van der Waals surface area (Å²) < 4.78 is 1.73. The van der Waals surface area contributed by atoms with Crippen LogP contribution < -0.4 is 10.6 Å². The predicted molar refractivity (Wildman–Crippen MR) is 140 cm³/mol. The maximum absolute atomic E-state index is 13.0. The molecule has 1 saturated carbocycles. The lowest BCUT2D eigenvalue weighted by Crippen LogP contribution is -2.28. The molecule has 1 amide bonds. The summed E-state index contributed by atoms with van der Waals surface area (Å²) in [7, 11) is 0. The molecule has 1 aliphatic heterocycles. The molecule has 0 spiro atoms. The SMILES string of the molecule is CC1=NC(C)C(CNc2cc(C(=O)NC[C@H]3C[C@@H]3c3ccc4ccccc4n3)nc3ccnn23)S1. The third-order valence-electron chi connectivity index (χ3n) is 6.77. The Bertz CT molecular complexity index is 1450. The molecule has 9 heteroatoms. The van der Waals surface area contributed by atoms with Gasteiger partial charge in [-0.15, -0.1) is 11.8 Å². The number of anilines is 1. The molecule has 4 heterocycles. The monoisotopic (exact) mass is 485 g/mol. The van der Waals surface area contributed by atoms with Gasteiger partial charge in [-0.2, -0.15) is 9.61 Å². The molecule has 2 unspecified atom stereocenters. The van der Waals surface area contributed by atoms with Gasteiger partial charge in [-0.1, -0.05) is 24.3 Å². The molecule has 1 aromatic carbocycles. The Balaban J connectivity index is 1.11. The summed E-state index contributed by atoms with van der Waals surface area (Å²) in [4.78, 5) is 26.9. The number of pyridine rings is 1. The van der Waals surface area contributed by atoms with Gasteiger partial charge in [-0.3, -0.25) is 14.8 Å². The number of thioether (sulfide) groups is 1. The standard InChI is InChI=1S/C26H27N7OS/c1-15-23(35-16(2)30-15)14-27-25-12-22(32-24-9-10-29-33(24)25)26(34)28-13-18-11-19(18)21-8-7-17-5-3-4-6-20(17)31-21/h3-10,12,15,18-19,23,27H,11,13-14H2,1-2H3,(H,28,34)/t15?,18-,19+,23?/m1/s1. The topological polar surface area (TPSA) is 96.6 Å². The Kier molecular flexibility index (Phi) is 5.64. The second-order valence-electron chi connectivity index (χ2n) is 9.29. The molecule has 6 rings (SSSR count). The highest BCUT2D eigenvalue weighted by Crippen LogP contribution is 2.46. The van der Waals surface area contributed by atoms with Crippen LogP contribution in [0, 0.1) is 5.92 Å². The molecule has 8 nitrogen and oxygen atoms in total. The highest BCUT2D eigenvalue weighted by molar-refractivity contribution is 8.14. The summed E-state index contributed by atoms with van der Waals surface area (Å²) in [5.41, 5.74) is 3.15. The normalized spacial score (nSPS) is 23.4. The van der Waals surface area contributed by atoms with E-state index in [4.69, 9.17) is 4.98 Å². The molecule has 1 aliphatic carbocycles. The molecule has 0 radical (unpaired) electrons. The number of aromatic nitrogens is 4. The molecule has 0 bridgehead atoms. The van der Waals surface area contributed by atoms with Crippen LogP contribution in [0.5, 0.6) is 0 Å². The lowest BCUT2D eigenvalue weighted by molar-refractivity contribution is 0.0946. The van der Waals surface area contributed by atoms with E-state index in [0.29, 0.717) is 35.0 Å². The minimum absolute atomic E-state index is 0.170. The van der Waals surface area contributed by atoms with E-state index in [0.717, 1.165) is 40.4 Å². The number of aliphatic imine (C=N–C) groups is 1. The minimum Gasteiger partial charge on any atom is -0.369 e. The van der Waals surface area contributed by atoms with Crippen molar-refractivity contribution in [1.29, 1.82) is 0 Å². The Morgan fingerprint density at radius 2 is 2.03 bits per heavy atom. The van der Waals surface area contributed by atoms with Crippen molar-refractivity contribution in [3.05, 3.63) is 66.1 Å². The van der Waals surface area contributed by atoms with Gasteiger partial charge in [-0.05, 0) is 38.3 Å². The van der Waals surface area contributed by atoms with Gasteiger partial charge in [0, 0.05) is 42.2 Å². The summed E-state index contributed by atoms with van der Waals surface area (Å²) in [6, 6.07) is 16.2. The first-order valence-corrected chi connectivity index (χ1v) is 12.9. The number of rotatable bonds is 7. The average Bonchev–Trinajstić information content (AvgIpc) is 3.35. The first-order valence-electron chi connectivity index (χ1n) is 12.0. The molecule has 4 aromatic rings. The molecule has 35 heavy (non-hydrogen) atoms. The minimum atomic E-state index is -0.170. The summed E-state index contributed by atoms with van der Waals surface area (Å²) in [5, 5.41) is 13.5. The fourth-order valence-electron chi connectivity index (χ4n) is 4.73. The van der Waals surface area contributed by atoms with Gasteiger partial charge in [-0.25, -0.2) is 4.98 Å². The van der Waals surface area contributed by atoms with Crippen molar-refractivity contribution in [2.45, 2.75) is 37.5 Å². The number of nitrogens with zero attached hydrogens (tertiary/aromatic N) is 5. The molecule has 2 N–H and O–H groups in total. The van der Waals surface area contributed by atoms with E-state index in [1.165, 1.54) is 0 Å². The molecule has 1 fully saturated rings. The Morgan fingerprint density at radius 3 is 2.89 bits per heavy atom. The molecule has 0 saturated heterocycles. The number of carbonyl (C=O) groups excluding carboxylic acids is 1. The maximum atomic E-state index is 13.0. The number of benzene rings is 1. The fraction of sp³-hybridized carbons (Fsp3) is 0.346. The average molecular weight is 486 g/mol. The smallest absolute Gasteiger partial charge is 0.270 e. The number of hydrogen-bond acceptors (Lipinski definition) is 7. The maximum Gasteiger partial charge on any atom is 0.270 e. The van der Waals surface area contributed by atoms with Crippen LogP contribution in [0.25, 0.3) is 16.6 Å². The number of carbonyl (C=O) groups is 1. The van der Waals surface area contributed by atoms with Crippen molar-refractivity contribution >= 4 is 45.1 Å². The third kappa shape index (κ3) is 4.48. The van der Waals surface area contributed by atoms with Crippen LogP contribution in [-0.2, 0) is 0 Å². The van der Waals surface area contributed by atoms with Gasteiger partial charge >= 0.3 is 0 Å². The van der Waals surface area contributed by atoms with E-state index in [-0.39, 0.29) is 11.9 Å². The van der Waals surface area contributed by atoms with Crippen LogP contribution in [0.3, 0.4) is 0 Å². The van der Waals surface area contributed by atoms with Crippen LogP contribution in [0.1, 0.15) is 42.4 Å². The van der Waals surface area contributed by atoms with Gasteiger partial charge in [0.05, 0.1) is 28.0 Å². The van der Waals surface area contributed by atoms with Crippen LogP contribution >= 0.6 is 11.8 Å². The molecular formula is C26H27N7OS. The van der Waals surface area contributed by atoms with Gasteiger partial charge in [0.2, 0.25) is 0 Å². The van der Waals surface area contributed by atoms with Gasteiger partial charge in [0.25, 0.3) is 5.91 Å². The van der Waals surface area contributed by atoms with Crippen molar-refractivity contribution in [2.24, 2.45) is 10.9 Å². The largest absolute Gasteiger partial charge is 0.369 e. The fourth-order valence-corrected chi connectivity index (χ4v) is 5.82. The van der Waals surface area contributed by atoms with E-state index in [1.54, 1.807) is 28.5 Å². The first-order chi connectivity index (χ1) is 17.0. The molecule has 4 atom stereocenters. The summed E-state index contributed by atoms with van der Waals surface area (Å²) in [5.74, 6) is 1.37. The quantitative estimate of drug-likeness (QED) is 0.408. The van der Waals surface area contributed by atoms with E-state index < -0.39 is 0 Å². The second kappa shape index (κ2) is 8.96. The van der Waals surface area contributed by atoms with E-state index in [1.807, 2.05) is 31.2 Å². The molecule has 3 aromatic heterocycles. The van der Waals surface area contributed by atoms with Crippen LogP contribution in [-0.4, -0.2) is 54.9 Å². The number of nitrogens with one attached hydrogen (secondary N) is 2. The summed E-state index contributed by atoms with van der Waals surface area (Å²) in [6.45, 7) is 5.51. The van der Waals surface area contributed by atoms with Crippen molar-refractivity contribution in [2.75, 3.05) is 18.4 Å². The van der Waals surface area contributed by atoms with Crippen molar-refractivity contribution in [3.8, 4) is 0 Å². The van der Waals surface area contributed by atoms with Crippen molar-refractivity contribution < 1.29 is 4.79 Å². The number of hydrogen-bond donors (Lipinski definition) is 2. The Hall–Kier alpha value is -3.46. The number of fused-ring (bicyclic) bond motifs is 2. The van der Waals surface area contributed by atoms with Crippen LogP contribution in [0.15, 0.2) is 59.7 Å². The highest BCUT2D eigenvalue weighted by atomic mass is 32.2. The Morgan fingerprint density at radius 1 is 1.14 bits per heavy atom. The zero-order chi connectivity index (χ0) is 23.9. The van der Waals surface area contributed by atoms with Gasteiger partial charge < -0.3 is 10.6 Å². The lowest BCUT2D eigenvalue weighted by atomic mass is 10.1. The molecular weight excluding hydrogens is 458 g/mol. The Labute approximate surface area is 207 Å². The van der Waals surface area contributed by atoms with Crippen molar-refractivity contribution in [3.63, 3.8) is 0 Å². The van der Waals surface area contributed by atoms with Crippen LogP contribution in [0.2, 0.25) is 0 Å². The second-order valence-corrected chi connectivity index (χ2v) is 10.7. The number of amides is 1. The van der Waals surface area contributed by atoms with Crippen molar-refractivity contribution in [1.82, 2.24) is 24.9 Å². The summed E-state index contributed by atoms with van der Waals surface area (Å²) in [6.07, 6.45) is 2.73. The van der Waals surface area contributed by atoms with E-state index in [2.05, 4.69) is 50.8 Å². The van der Waals surface area contributed by atoms with Gasteiger partial charge in [0.1, 0.15) is 11.5 Å². The predicted octanol–water partition coefficient (Wildman–Crippen LogP) is 4.15. The van der Waals surface area contributed by atoms with E-state index in [9.17, 15) is 4.79 Å².